The third kappa shape index (κ3) is 7.47. The van der Waals surface area contributed by atoms with E-state index in [0.717, 1.165) is 6.54 Å². The topological polar surface area (TPSA) is 24.4 Å². The predicted octanol–water partition coefficient (Wildman–Crippen LogP) is 6.13. The number of nitrogens with zero attached hydrogens (tertiary/aromatic N) is 1. The lowest BCUT2D eigenvalue weighted by atomic mass is 9.97. The van der Waals surface area contributed by atoms with Gasteiger partial charge < -0.3 is 5.43 Å². The Kier molecular flexibility index (Phi) is 9.37. The molecule has 2 nitrogen and oxygen atoms in total. The van der Waals surface area contributed by atoms with Crippen molar-refractivity contribution in [3.63, 3.8) is 0 Å². The van der Waals surface area contributed by atoms with Crippen LogP contribution in [0.4, 0.5) is 0 Å². The largest absolute Gasteiger partial charge is 0.310 e. The summed E-state index contributed by atoms with van der Waals surface area (Å²) in [5, 5.41) is 4.80. The molecule has 0 aromatic carbocycles. The predicted molar refractivity (Wildman–Crippen MR) is 97.4 cm³/mol. The number of hydrogen-bond acceptors (Lipinski definition) is 2. The second kappa shape index (κ2) is 11.7. The first kappa shape index (κ1) is 17.6. The van der Waals surface area contributed by atoms with Crippen molar-refractivity contribution in [3.8, 4) is 0 Å². The summed E-state index contributed by atoms with van der Waals surface area (Å²) >= 11 is 0. The molecule has 0 unspecified atom stereocenters. The van der Waals surface area contributed by atoms with Gasteiger partial charge in [0, 0.05) is 6.54 Å². The van der Waals surface area contributed by atoms with E-state index in [1.165, 1.54) is 108 Å². The van der Waals surface area contributed by atoms with Crippen molar-refractivity contribution in [2.75, 3.05) is 6.54 Å². The standard InChI is InChI=1S/C20H36N2/c1-2-4-8-12-16-19(15-11-7-3-1)20-17-13-9-5-6-10-14-18-21-22-20/h15,21H,1-14,16-18H2/b19-15?,22-20+. The molecular weight excluding hydrogens is 268 g/mol. The molecule has 1 aliphatic heterocycles. The summed E-state index contributed by atoms with van der Waals surface area (Å²) in [5.41, 5.74) is 6.29. The maximum Gasteiger partial charge on any atom is 0.0631 e. The molecule has 1 N–H and O–H groups in total. The lowest BCUT2D eigenvalue weighted by Crippen LogP contribution is -2.14. The fourth-order valence-electron chi connectivity index (χ4n) is 3.63. The highest BCUT2D eigenvalue weighted by molar-refractivity contribution is 5.99. The van der Waals surface area contributed by atoms with Gasteiger partial charge in [-0.05, 0) is 50.5 Å². The van der Waals surface area contributed by atoms with E-state index in [9.17, 15) is 0 Å². The highest BCUT2D eigenvalue weighted by atomic mass is 15.3. The maximum absolute atomic E-state index is 4.80. The fourth-order valence-corrected chi connectivity index (χ4v) is 3.63. The van der Waals surface area contributed by atoms with E-state index in [1.54, 1.807) is 5.57 Å². The van der Waals surface area contributed by atoms with Gasteiger partial charge in [-0.15, -0.1) is 0 Å². The van der Waals surface area contributed by atoms with Crippen molar-refractivity contribution in [3.05, 3.63) is 11.6 Å². The maximum atomic E-state index is 4.80. The SMILES string of the molecule is C1=C(/C2=N/NCCCCCCCC2)CCCCCCCCC1. The van der Waals surface area contributed by atoms with Crippen molar-refractivity contribution in [1.29, 1.82) is 0 Å². The average Bonchev–Trinajstić information content (AvgIpc) is 2.64. The van der Waals surface area contributed by atoms with Crippen molar-refractivity contribution in [2.24, 2.45) is 5.10 Å². The molecule has 0 radical (unpaired) electrons. The Morgan fingerprint density at radius 1 is 0.636 bits per heavy atom. The minimum absolute atomic E-state index is 1.05. The van der Waals surface area contributed by atoms with Gasteiger partial charge in [-0.25, -0.2) is 0 Å². The molecule has 126 valence electrons. The van der Waals surface area contributed by atoms with Gasteiger partial charge in [-0.3, -0.25) is 0 Å². The van der Waals surface area contributed by atoms with Crippen LogP contribution in [0.25, 0.3) is 0 Å². The van der Waals surface area contributed by atoms with Crippen LogP contribution >= 0.6 is 0 Å². The van der Waals surface area contributed by atoms with Crippen LogP contribution in [-0.4, -0.2) is 12.3 Å². The van der Waals surface area contributed by atoms with Crippen molar-refractivity contribution >= 4 is 5.71 Å². The summed E-state index contributed by atoms with van der Waals surface area (Å²) in [5.74, 6) is 0. The first-order valence-electron chi connectivity index (χ1n) is 9.95. The Morgan fingerprint density at radius 2 is 1.23 bits per heavy atom. The Hall–Kier alpha value is -0.790. The fraction of sp³-hybridized carbons (Fsp3) is 0.850. The van der Waals surface area contributed by atoms with Gasteiger partial charge in [0.2, 0.25) is 0 Å². The van der Waals surface area contributed by atoms with E-state index in [2.05, 4.69) is 11.5 Å². The molecule has 1 heterocycles. The summed E-state index contributed by atoms with van der Waals surface area (Å²) in [4.78, 5) is 0. The van der Waals surface area contributed by atoms with Crippen LogP contribution in [0.2, 0.25) is 0 Å². The van der Waals surface area contributed by atoms with Crippen LogP contribution in [0.3, 0.4) is 0 Å². The zero-order valence-corrected chi connectivity index (χ0v) is 14.5. The first-order valence-corrected chi connectivity index (χ1v) is 9.95. The molecule has 1 aliphatic carbocycles. The first-order chi connectivity index (χ1) is 11.0. The molecule has 0 aromatic heterocycles. The zero-order valence-electron chi connectivity index (χ0n) is 14.5. The van der Waals surface area contributed by atoms with E-state index in [4.69, 9.17) is 5.10 Å². The molecule has 0 amide bonds. The lowest BCUT2D eigenvalue weighted by molar-refractivity contribution is 0.586. The normalized spacial score (nSPS) is 26.4. The number of nitrogens with one attached hydrogen (secondary N) is 1. The summed E-state index contributed by atoms with van der Waals surface area (Å²) in [7, 11) is 0. The third-order valence-electron chi connectivity index (χ3n) is 5.08. The number of allylic oxidation sites excluding steroid dienone is 2. The molecule has 0 bridgehead atoms. The molecule has 2 heteroatoms. The van der Waals surface area contributed by atoms with E-state index in [-0.39, 0.29) is 0 Å². The molecule has 2 aliphatic rings. The highest BCUT2D eigenvalue weighted by Crippen LogP contribution is 2.20. The molecule has 0 fully saturated rings. The van der Waals surface area contributed by atoms with Gasteiger partial charge in [0.1, 0.15) is 0 Å². The van der Waals surface area contributed by atoms with Crippen LogP contribution in [0, 0.1) is 0 Å². The van der Waals surface area contributed by atoms with Crippen LogP contribution < -0.4 is 5.43 Å². The Balaban J connectivity index is 1.97. The monoisotopic (exact) mass is 304 g/mol. The third-order valence-corrected chi connectivity index (χ3v) is 5.08. The average molecular weight is 305 g/mol. The molecule has 0 aromatic rings. The molecule has 22 heavy (non-hydrogen) atoms. The van der Waals surface area contributed by atoms with E-state index in [1.807, 2.05) is 0 Å². The van der Waals surface area contributed by atoms with Crippen LogP contribution in [0.1, 0.15) is 103 Å². The van der Waals surface area contributed by atoms with Gasteiger partial charge in [0.25, 0.3) is 0 Å². The molecular formula is C20H36N2. The molecule has 0 saturated heterocycles. The molecule has 0 saturated carbocycles. The van der Waals surface area contributed by atoms with Gasteiger partial charge in [0.15, 0.2) is 0 Å². The Morgan fingerprint density at radius 3 is 2.00 bits per heavy atom. The second-order valence-corrected chi connectivity index (χ2v) is 7.08. The van der Waals surface area contributed by atoms with E-state index < -0.39 is 0 Å². The quantitative estimate of drug-likeness (QED) is 0.619. The van der Waals surface area contributed by atoms with Gasteiger partial charge in [-0.1, -0.05) is 63.9 Å². The number of hydrogen-bond donors (Lipinski definition) is 1. The zero-order chi connectivity index (χ0) is 15.3. The smallest absolute Gasteiger partial charge is 0.0631 e. The van der Waals surface area contributed by atoms with Crippen LogP contribution in [0.15, 0.2) is 16.8 Å². The molecule has 0 spiro atoms. The van der Waals surface area contributed by atoms with Crippen LogP contribution in [0.5, 0.6) is 0 Å². The van der Waals surface area contributed by atoms with E-state index in [0.29, 0.717) is 0 Å². The van der Waals surface area contributed by atoms with Crippen LogP contribution in [-0.2, 0) is 0 Å². The highest BCUT2D eigenvalue weighted by Gasteiger charge is 2.09. The second-order valence-electron chi connectivity index (χ2n) is 7.08. The summed E-state index contributed by atoms with van der Waals surface area (Å²) in [6.45, 7) is 1.05. The lowest BCUT2D eigenvalue weighted by Gasteiger charge is -2.12. The number of rotatable bonds is 1. The van der Waals surface area contributed by atoms with Gasteiger partial charge >= 0.3 is 0 Å². The van der Waals surface area contributed by atoms with E-state index >= 15 is 0 Å². The van der Waals surface area contributed by atoms with Crippen molar-refractivity contribution in [1.82, 2.24) is 5.43 Å². The molecule has 0 atom stereocenters. The number of hydrazone groups is 1. The minimum atomic E-state index is 1.05. The minimum Gasteiger partial charge on any atom is -0.310 e. The Labute approximate surface area is 137 Å². The summed E-state index contributed by atoms with van der Waals surface area (Å²) < 4.78 is 0. The van der Waals surface area contributed by atoms with Crippen molar-refractivity contribution in [2.45, 2.75) is 103 Å². The summed E-state index contributed by atoms with van der Waals surface area (Å²) in [6, 6.07) is 0. The van der Waals surface area contributed by atoms with Crippen molar-refractivity contribution < 1.29 is 0 Å². The van der Waals surface area contributed by atoms with Gasteiger partial charge in [0.05, 0.1) is 5.71 Å². The summed E-state index contributed by atoms with van der Waals surface area (Å²) in [6.07, 6.45) is 24.2. The Bertz CT molecular complexity index is 310. The molecule has 2 rings (SSSR count). The van der Waals surface area contributed by atoms with Gasteiger partial charge in [-0.2, -0.15) is 5.10 Å².